The molecule has 0 bridgehead atoms. The standard InChI is InChI=1S/C16H15ClFNO2/c17-11-5-3-4-10(16(11)18)8-12(19)15-9-20-13-6-1-2-7-14(13)21-15/h1-7,12,15H,8-9,19H2. The van der Waals surface area contributed by atoms with E-state index in [9.17, 15) is 4.39 Å². The molecule has 0 spiro atoms. The van der Waals surface area contributed by atoms with Gasteiger partial charge in [0.05, 0.1) is 5.02 Å². The lowest BCUT2D eigenvalue weighted by Gasteiger charge is -2.30. The van der Waals surface area contributed by atoms with Gasteiger partial charge in [-0.2, -0.15) is 0 Å². The van der Waals surface area contributed by atoms with Gasteiger partial charge in [-0.05, 0) is 30.2 Å². The molecule has 1 aliphatic rings. The highest BCUT2D eigenvalue weighted by Crippen LogP contribution is 2.32. The topological polar surface area (TPSA) is 44.5 Å². The molecule has 0 fully saturated rings. The number of nitrogens with two attached hydrogens (primary N) is 1. The van der Waals surface area contributed by atoms with E-state index in [-0.39, 0.29) is 17.2 Å². The van der Waals surface area contributed by atoms with Crippen LogP contribution in [0.4, 0.5) is 4.39 Å². The number of para-hydroxylation sites is 2. The summed E-state index contributed by atoms with van der Waals surface area (Å²) < 4.78 is 25.4. The summed E-state index contributed by atoms with van der Waals surface area (Å²) in [5.74, 6) is 0.942. The molecule has 0 aromatic heterocycles. The van der Waals surface area contributed by atoms with Gasteiger partial charge < -0.3 is 15.2 Å². The summed E-state index contributed by atoms with van der Waals surface area (Å²) in [6, 6.07) is 11.9. The molecule has 0 radical (unpaired) electrons. The monoisotopic (exact) mass is 307 g/mol. The Morgan fingerprint density at radius 2 is 1.95 bits per heavy atom. The fourth-order valence-electron chi connectivity index (χ4n) is 2.34. The Bertz CT molecular complexity index is 650. The number of fused-ring (bicyclic) bond motifs is 1. The number of benzene rings is 2. The number of halogens is 2. The third-order valence-electron chi connectivity index (χ3n) is 3.50. The van der Waals surface area contributed by atoms with Crippen molar-refractivity contribution >= 4 is 11.6 Å². The fraction of sp³-hybridized carbons (Fsp3) is 0.250. The molecule has 110 valence electrons. The van der Waals surface area contributed by atoms with E-state index in [2.05, 4.69) is 0 Å². The third-order valence-corrected chi connectivity index (χ3v) is 3.79. The highest BCUT2D eigenvalue weighted by atomic mass is 35.5. The lowest BCUT2D eigenvalue weighted by Crippen LogP contribution is -2.46. The molecule has 2 N–H and O–H groups in total. The summed E-state index contributed by atoms with van der Waals surface area (Å²) in [5, 5.41) is 0.103. The van der Waals surface area contributed by atoms with Crippen LogP contribution in [0.3, 0.4) is 0 Å². The Morgan fingerprint density at radius 1 is 1.19 bits per heavy atom. The molecule has 0 saturated carbocycles. The van der Waals surface area contributed by atoms with Crippen molar-refractivity contribution in [3.8, 4) is 11.5 Å². The summed E-state index contributed by atoms with van der Waals surface area (Å²) in [4.78, 5) is 0. The average molecular weight is 308 g/mol. The van der Waals surface area contributed by atoms with Crippen molar-refractivity contribution in [1.82, 2.24) is 0 Å². The van der Waals surface area contributed by atoms with E-state index in [1.807, 2.05) is 24.3 Å². The van der Waals surface area contributed by atoms with E-state index in [4.69, 9.17) is 26.8 Å². The van der Waals surface area contributed by atoms with E-state index < -0.39 is 5.82 Å². The minimum atomic E-state index is -0.424. The minimum absolute atomic E-state index is 0.103. The molecule has 2 unspecified atom stereocenters. The van der Waals surface area contributed by atoms with Gasteiger partial charge in [0.25, 0.3) is 0 Å². The molecule has 3 nitrogen and oxygen atoms in total. The van der Waals surface area contributed by atoms with Gasteiger partial charge in [0.1, 0.15) is 18.5 Å². The van der Waals surface area contributed by atoms with Crippen LogP contribution in [-0.4, -0.2) is 18.8 Å². The first-order valence-electron chi connectivity index (χ1n) is 6.72. The lowest BCUT2D eigenvalue weighted by atomic mass is 10.0. The molecule has 2 atom stereocenters. The van der Waals surface area contributed by atoms with Crippen LogP contribution >= 0.6 is 11.6 Å². The molecule has 1 heterocycles. The maximum absolute atomic E-state index is 13.9. The Hall–Kier alpha value is -1.78. The Labute approximate surface area is 127 Å². The van der Waals surface area contributed by atoms with Gasteiger partial charge >= 0.3 is 0 Å². The Balaban J connectivity index is 1.72. The smallest absolute Gasteiger partial charge is 0.161 e. The normalized spacial score (nSPS) is 18.3. The van der Waals surface area contributed by atoms with E-state index >= 15 is 0 Å². The first kappa shape index (κ1) is 14.2. The molecule has 0 aliphatic carbocycles. The largest absolute Gasteiger partial charge is 0.486 e. The zero-order valence-electron chi connectivity index (χ0n) is 11.3. The molecule has 1 aliphatic heterocycles. The zero-order chi connectivity index (χ0) is 14.8. The Kier molecular flexibility index (Phi) is 3.99. The first-order valence-corrected chi connectivity index (χ1v) is 7.10. The minimum Gasteiger partial charge on any atom is -0.486 e. The average Bonchev–Trinajstić information content (AvgIpc) is 2.51. The van der Waals surface area contributed by atoms with Crippen molar-refractivity contribution in [1.29, 1.82) is 0 Å². The maximum atomic E-state index is 13.9. The van der Waals surface area contributed by atoms with Crippen molar-refractivity contribution in [3.05, 3.63) is 58.9 Å². The van der Waals surface area contributed by atoms with Crippen molar-refractivity contribution in [2.24, 2.45) is 5.73 Å². The van der Waals surface area contributed by atoms with E-state index in [0.29, 0.717) is 30.1 Å². The number of hydrogen-bond donors (Lipinski definition) is 1. The quantitative estimate of drug-likeness (QED) is 0.947. The summed E-state index contributed by atoms with van der Waals surface area (Å²) in [6.07, 6.45) is 0.0149. The van der Waals surface area contributed by atoms with E-state index in [1.54, 1.807) is 12.1 Å². The van der Waals surface area contributed by atoms with Gasteiger partial charge in [-0.3, -0.25) is 0 Å². The predicted molar refractivity (Wildman–Crippen MR) is 79.4 cm³/mol. The molecule has 21 heavy (non-hydrogen) atoms. The summed E-state index contributed by atoms with van der Waals surface area (Å²) >= 11 is 5.78. The molecule has 3 rings (SSSR count). The second-order valence-corrected chi connectivity index (χ2v) is 5.40. The maximum Gasteiger partial charge on any atom is 0.161 e. The number of ether oxygens (including phenoxy) is 2. The van der Waals surface area contributed by atoms with E-state index in [1.165, 1.54) is 6.07 Å². The predicted octanol–water partition coefficient (Wildman–Crippen LogP) is 3.19. The van der Waals surface area contributed by atoms with Crippen molar-refractivity contribution in [2.75, 3.05) is 6.61 Å². The highest BCUT2D eigenvalue weighted by molar-refractivity contribution is 6.30. The van der Waals surface area contributed by atoms with Crippen molar-refractivity contribution < 1.29 is 13.9 Å². The van der Waals surface area contributed by atoms with Crippen molar-refractivity contribution in [3.63, 3.8) is 0 Å². The van der Waals surface area contributed by atoms with Crippen LogP contribution in [-0.2, 0) is 6.42 Å². The van der Waals surface area contributed by atoms with Crippen LogP contribution < -0.4 is 15.2 Å². The second-order valence-electron chi connectivity index (χ2n) is 4.99. The van der Waals surface area contributed by atoms with Crippen LogP contribution in [0.15, 0.2) is 42.5 Å². The third kappa shape index (κ3) is 2.96. The van der Waals surface area contributed by atoms with E-state index in [0.717, 1.165) is 0 Å². The van der Waals surface area contributed by atoms with Crippen LogP contribution in [0.5, 0.6) is 11.5 Å². The van der Waals surface area contributed by atoms with Crippen LogP contribution in [0.1, 0.15) is 5.56 Å². The molecular weight excluding hydrogens is 293 g/mol. The van der Waals surface area contributed by atoms with Crippen molar-refractivity contribution in [2.45, 2.75) is 18.6 Å². The molecule has 2 aromatic rings. The zero-order valence-corrected chi connectivity index (χ0v) is 12.0. The molecule has 0 amide bonds. The number of rotatable bonds is 3. The first-order chi connectivity index (χ1) is 10.1. The van der Waals surface area contributed by atoms with Gasteiger partial charge in [0, 0.05) is 6.04 Å². The summed E-state index contributed by atoms with van der Waals surface area (Å²) in [7, 11) is 0. The Morgan fingerprint density at radius 3 is 2.76 bits per heavy atom. The van der Waals surface area contributed by atoms with Gasteiger partial charge in [-0.25, -0.2) is 4.39 Å². The van der Waals surface area contributed by atoms with Gasteiger partial charge in [-0.1, -0.05) is 35.9 Å². The fourth-order valence-corrected chi connectivity index (χ4v) is 2.53. The van der Waals surface area contributed by atoms with Crippen LogP contribution in [0, 0.1) is 5.82 Å². The molecule has 0 saturated heterocycles. The second kappa shape index (κ2) is 5.92. The summed E-state index contributed by atoms with van der Waals surface area (Å²) in [5.41, 5.74) is 6.63. The molecule has 2 aromatic carbocycles. The van der Waals surface area contributed by atoms with Crippen LogP contribution in [0.25, 0.3) is 0 Å². The van der Waals surface area contributed by atoms with Gasteiger partial charge in [0.2, 0.25) is 0 Å². The van der Waals surface area contributed by atoms with Crippen LogP contribution in [0.2, 0.25) is 5.02 Å². The SMILES string of the molecule is NC(Cc1cccc(Cl)c1F)C1COc2ccccc2O1. The summed E-state index contributed by atoms with van der Waals surface area (Å²) in [6.45, 7) is 0.348. The molecular formula is C16H15ClFNO2. The lowest BCUT2D eigenvalue weighted by molar-refractivity contribution is 0.0721. The van der Waals surface area contributed by atoms with Gasteiger partial charge in [0.15, 0.2) is 11.5 Å². The van der Waals surface area contributed by atoms with Gasteiger partial charge in [-0.15, -0.1) is 0 Å². The molecule has 5 heteroatoms. The number of hydrogen-bond acceptors (Lipinski definition) is 3. The highest BCUT2D eigenvalue weighted by Gasteiger charge is 2.27.